The van der Waals surface area contributed by atoms with E-state index in [2.05, 4.69) is 16.3 Å². The smallest absolute Gasteiger partial charge is 0.253 e. The first-order chi connectivity index (χ1) is 15.6. The summed E-state index contributed by atoms with van der Waals surface area (Å²) in [5.74, 6) is -0.452. The Balaban J connectivity index is 1.25. The number of piperazine rings is 1. The van der Waals surface area contributed by atoms with E-state index in [-0.39, 0.29) is 24.2 Å². The van der Waals surface area contributed by atoms with Crippen molar-refractivity contribution in [3.8, 4) is 0 Å². The van der Waals surface area contributed by atoms with Gasteiger partial charge in [-0.25, -0.2) is 4.39 Å². The highest BCUT2D eigenvalue weighted by Crippen LogP contribution is 2.14. The second-order valence-electron chi connectivity index (χ2n) is 8.21. The molecule has 2 aliphatic rings. The van der Waals surface area contributed by atoms with Crippen molar-refractivity contribution in [2.45, 2.75) is 6.54 Å². The van der Waals surface area contributed by atoms with Gasteiger partial charge in [-0.2, -0.15) is 0 Å². The normalized spacial score (nSPS) is 17.8. The molecule has 2 saturated heterocycles. The van der Waals surface area contributed by atoms with Crippen molar-refractivity contribution in [2.24, 2.45) is 0 Å². The molecule has 4 rings (SSSR count). The Morgan fingerprint density at radius 3 is 2.34 bits per heavy atom. The van der Waals surface area contributed by atoms with E-state index in [1.54, 1.807) is 0 Å². The zero-order valence-corrected chi connectivity index (χ0v) is 18.1. The third-order valence-corrected chi connectivity index (χ3v) is 5.84. The van der Waals surface area contributed by atoms with E-state index in [0.29, 0.717) is 37.4 Å². The number of hydrogen-bond donors (Lipinski definition) is 1. The summed E-state index contributed by atoms with van der Waals surface area (Å²) < 4.78 is 18.4. The third-order valence-electron chi connectivity index (χ3n) is 5.84. The van der Waals surface area contributed by atoms with Crippen LogP contribution in [-0.4, -0.2) is 85.5 Å². The van der Waals surface area contributed by atoms with Gasteiger partial charge in [0.25, 0.3) is 5.91 Å². The largest absolute Gasteiger partial charge is 0.379 e. The summed E-state index contributed by atoms with van der Waals surface area (Å²) in [6, 6.07) is 13.6. The van der Waals surface area contributed by atoms with Crippen molar-refractivity contribution >= 4 is 17.5 Å². The molecule has 0 unspecified atom stereocenters. The van der Waals surface area contributed by atoms with Crippen molar-refractivity contribution in [3.63, 3.8) is 0 Å². The van der Waals surface area contributed by atoms with Gasteiger partial charge in [0.2, 0.25) is 5.91 Å². The highest BCUT2D eigenvalue weighted by Gasteiger charge is 2.23. The fraction of sp³-hybridized carbons (Fsp3) is 0.417. The Kier molecular flexibility index (Phi) is 7.47. The van der Waals surface area contributed by atoms with E-state index in [9.17, 15) is 14.0 Å². The molecule has 8 heteroatoms. The van der Waals surface area contributed by atoms with Gasteiger partial charge in [-0.1, -0.05) is 12.1 Å². The number of benzene rings is 2. The van der Waals surface area contributed by atoms with Crippen molar-refractivity contribution in [2.75, 3.05) is 64.3 Å². The molecule has 2 fully saturated rings. The summed E-state index contributed by atoms with van der Waals surface area (Å²) in [6.45, 7) is 6.83. The maximum atomic E-state index is 13.0. The molecule has 0 aliphatic carbocycles. The SMILES string of the molecule is O=C(CN1CCN(C(=O)c2cccc(CN3CCOCC3)c2)CC1)Nc1ccc(F)cc1. The van der Waals surface area contributed by atoms with Crippen LogP contribution in [-0.2, 0) is 16.1 Å². The molecule has 2 aliphatic heterocycles. The maximum Gasteiger partial charge on any atom is 0.253 e. The molecule has 0 aromatic heterocycles. The van der Waals surface area contributed by atoms with Gasteiger partial charge in [0.15, 0.2) is 0 Å². The second-order valence-corrected chi connectivity index (χ2v) is 8.21. The van der Waals surface area contributed by atoms with E-state index in [4.69, 9.17) is 4.74 Å². The van der Waals surface area contributed by atoms with E-state index in [0.717, 1.165) is 38.4 Å². The number of carbonyl (C=O) groups is 2. The minimum atomic E-state index is -0.338. The first-order valence-corrected chi connectivity index (χ1v) is 11.0. The predicted octanol–water partition coefficient (Wildman–Crippen LogP) is 2.05. The highest BCUT2D eigenvalue weighted by molar-refractivity contribution is 5.94. The molecule has 2 amide bonds. The second kappa shape index (κ2) is 10.7. The van der Waals surface area contributed by atoms with Crippen LogP contribution in [0.25, 0.3) is 0 Å². The molecule has 0 bridgehead atoms. The van der Waals surface area contributed by atoms with Gasteiger partial charge in [-0.3, -0.25) is 19.4 Å². The first kappa shape index (κ1) is 22.4. The quantitative estimate of drug-likeness (QED) is 0.745. The number of morpholine rings is 1. The van der Waals surface area contributed by atoms with Crippen molar-refractivity contribution in [3.05, 3.63) is 65.5 Å². The summed E-state index contributed by atoms with van der Waals surface area (Å²) in [5.41, 5.74) is 2.41. The van der Waals surface area contributed by atoms with Gasteiger partial charge in [0, 0.05) is 57.1 Å². The number of anilines is 1. The number of hydrogen-bond acceptors (Lipinski definition) is 5. The average molecular weight is 441 g/mol. The lowest BCUT2D eigenvalue weighted by Crippen LogP contribution is -2.50. The molecule has 170 valence electrons. The number of amides is 2. The molecule has 2 aromatic rings. The van der Waals surface area contributed by atoms with E-state index < -0.39 is 0 Å². The summed E-state index contributed by atoms with van der Waals surface area (Å²) >= 11 is 0. The fourth-order valence-corrected chi connectivity index (χ4v) is 4.05. The molecule has 32 heavy (non-hydrogen) atoms. The first-order valence-electron chi connectivity index (χ1n) is 11.0. The van der Waals surface area contributed by atoms with Crippen LogP contribution in [0.2, 0.25) is 0 Å². The molecule has 1 N–H and O–H groups in total. The topological polar surface area (TPSA) is 65.1 Å². The van der Waals surface area contributed by atoms with Crippen LogP contribution in [0.4, 0.5) is 10.1 Å². The van der Waals surface area contributed by atoms with Gasteiger partial charge in [-0.05, 0) is 42.0 Å². The van der Waals surface area contributed by atoms with Gasteiger partial charge in [0.05, 0.1) is 19.8 Å². The van der Waals surface area contributed by atoms with Crippen molar-refractivity contribution < 1.29 is 18.7 Å². The predicted molar refractivity (Wildman–Crippen MR) is 120 cm³/mol. The number of ether oxygens (including phenoxy) is 1. The number of rotatable bonds is 6. The number of carbonyl (C=O) groups excluding carboxylic acids is 2. The molecule has 7 nitrogen and oxygen atoms in total. The summed E-state index contributed by atoms with van der Waals surface area (Å²) in [6.07, 6.45) is 0. The van der Waals surface area contributed by atoms with E-state index in [1.165, 1.54) is 24.3 Å². The van der Waals surface area contributed by atoms with Gasteiger partial charge in [-0.15, -0.1) is 0 Å². The van der Waals surface area contributed by atoms with Crippen LogP contribution in [0.3, 0.4) is 0 Å². The minimum absolute atomic E-state index is 0.0317. The van der Waals surface area contributed by atoms with E-state index >= 15 is 0 Å². The third kappa shape index (κ3) is 6.12. The van der Waals surface area contributed by atoms with Crippen LogP contribution >= 0.6 is 0 Å². The zero-order valence-electron chi connectivity index (χ0n) is 18.1. The molecule has 0 atom stereocenters. The van der Waals surface area contributed by atoms with Gasteiger partial charge in [0.1, 0.15) is 5.82 Å². The Labute approximate surface area is 187 Å². The molecule has 0 spiro atoms. The molecular formula is C24H29FN4O3. The number of halogens is 1. The molecule has 0 radical (unpaired) electrons. The maximum absolute atomic E-state index is 13.0. The molecule has 2 heterocycles. The number of nitrogens with zero attached hydrogens (tertiary/aromatic N) is 3. The Bertz CT molecular complexity index is 923. The standard InChI is InChI=1S/C24H29FN4O3/c25-21-4-6-22(7-5-21)26-23(30)18-27-8-10-29(11-9-27)24(31)20-3-1-2-19(16-20)17-28-12-14-32-15-13-28/h1-7,16H,8-15,17-18H2,(H,26,30). The van der Waals surface area contributed by atoms with Crippen LogP contribution in [0.5, 0.6) is 0 Å². The van der Waals surface area contributed by atoms with Crippen LogP contribution in [0.1, 0.15) is 15.9 Å². The average Bonchev–Trinajstić information content (AvgIpc) is 2.81. The Hall–Kier alpha value is -2.81. The van der Waals surface area contributed by atoms with Crippen molar-refractivity contribution in [1.82, 2.24) is 14.7 Å². The van der Waals surface area contributed by atoms with Crippen molar-refractivity contribution in [1.29, 1.82) is 0 Å². The highest BCUT2D eigenvalue weighted by atomic mass is 19.1. The van der Waals surface area contributed by atoms with Crippen LogP contribution < -0.4 is 5.32 Å². The minimum Gasteiger partial charge on any atom is -0.379 e. The zero-order chi connectivity index (χ0) is 22.3. The molecule has 0 saturated carbocycles. The molecule has 2 aromatic carbocycles. The van der Waals surface area contributed by atoms with E-state index in [1.807, 2.05) is 28.0 Å². The van der Waals surface area contributed by atoms with Gasteiger partial charge >= 0.3 is 0 Å². The Morgan fingerprint density at radius 2 is 1.62 bits per heavy atom. The lowest BCUT2D eigenvalue weighted by Gasteiger charge is -2.34. The van der Waals surface area contributed by atoms with Crippen LogP contribution in [0.15, 0.2) is 48.5 Å². The summed E-state index contributed by atoms with van der Waals surface area (Å²) in [5, 5.41) is 2.78. The summed E-state index contributed by atoms with van der Waals surface area (Å²) in [7, 11) is 0. The van der Waals surface area contributed by atoms with Gasteiger partial charge < -0.3 is 15.0 Å². The lowest BCUT2D eigenvalue weighted by molar-refractivity contribution is -0.117. The summed E-state index contributed by atoms with van der Waals surface area (Å²) in [4.78, 5) is 31.5. The Morgan fingerprint density at radius 1 is 0.906 bits per heavy atom. The molecular weight excluding hydrogens is 411 g/mol. The fourth-order valence-electron chi connectivity index (χ4n) is 4.05. The lowest BCUT2D eigenvalue weighted by atomic mass is 10.1. The monoisotopic (exact) mass is 440 g/mol. The van der Waals surface area contributed by atoms with Crippen LogP contribution in [0, 0.1) is 5.82 Å². The number of nitrogens with one attached hydrogen (secondary N) is 1.